The molecule has 4 N–H and O–H groups in total. The van der Waals surface area contributed by atoms with Gasteiger partial charge in [0.05, 0.1) is 19.7 Å². The van der Waals surface area contributed by atoms with Gasteiger partial charge in [-0.2, -0.15) is 0 Å². The van der Waals surface area contributed by atoms with Crippen LogP contribution < -0.4 is 26.0 Å². The summed E-state index contributed by atoms with van der Waals surface area (Å²) >= 11 is 1.18. The molecule has 2 heterocycles. The lowest BCUT2D eigenvalue weighted by Crippen LogP contribution is -2.57. The van der Waals surface area contributed by atoms with Gasteiger partial charge < -0.3 is 35.8 Å². The Hall–Kier alpha value is -5.31. The first kappa shape index (κ1) is 39.5. The highest BCUT2D eigenvalue weighted by atomic mass is 32.1. The van der Waals surface area contributed by atoms with Crippen molar-refractivity contribution in [1.82, 2.24) is 36.1 Å². The van der Waals surface area contributed by atoms with Crippen molar-refractivity contribution in [2.24, 2.45) is 5.92 Å². The smallest absolute Gasteiger partial charge is 0.271 e. The molecule has 52 heavy (non-hydrogen) atoms. The quantitative estimate of drug-likeness (QED) is 0.309. The van der Waals surface area contributed by atoms with Gasteiger partial charge >= 0.3 is 0 Å². The fraction of sp³-hybridized carbons (Fsp3) is 0.432. The van der Waals surface area contributed by atoms with Gasteiger partial charge in [0.2, 0.25) is 23.6 Å². The van der Waals surface area contributed by atoms with E-state index in [1.807, 2.05) is 30.3 Å². The molecular weight excluding hydrogens is 687 g/mol. The minimum atomic E-state index is -1.03. The van der Waals surface area contributed by atoms with E-state index < -0.39 is 59.6 Å². The average Bonchev–Trinajstić information content (AvgIpc) is 3.62. The summed E-state index contributed by atoms with van der Waals surface area (Å²) in [5, 5.41) is 13.0. The normalized spacial score (nSPS) is 21.4. The molecule has 1 aromatic heterocycles. The van der Waals surface area contributed by atoms with Crippen LogP contribution in [-0.2, 0) is 25.6 Å². The number of methoxy groups -OCH3 is 1. The van der Waals surface area contributed by atoms with Crippen LogP contribution in [0.5, 0.6) is 5.75 Å². The van der Waals surface area contributed by atoms with E-state index in [2.05, 4.69) is 26.3 Å². The van der Waals surface area contributed by atoms with Gasteiger partial charge in [-0.1, -0.05) is 50.2 Å². The Labute approximate surface area is 307 Å². The first-order valence-corrected chi connectivity index (χ1v) is 18.0. The Balaban J connectivity index is 1.72. The van der Waals surface area contributed by atoms with Crippen molar-refractivity contribution in [1.29, 1.82) is 0 Å². The van der Waals surface area contributed by atoms with Gasteiger partial charge in [-0.05, 0) is 50.8 Å². The Kier molecular flexibility index (Phi) is 13.5. The summed E-state index contributed by atoms with van der Waals surface area (Å²) in [7, 11) is 3.05. The second-order valence-electron chi connectivity index (χ2n) is 13.2. The number of amides is 6. The Morgan fingerprint density at radius 3 is 2.31 bits per heavy atom. The molecule has 6 amide bonds. The Morgan fingerprint density at radius 1 is 0.923 bits per heavy atom. The maximum atomic E-state index is 14.1. The summed E-state index contributed by atoms with van der Waals surface area (Å²) in [6.45, 7) is 7.95. The van der Waals surface area contributed by atoms with E-state index >= 15 is 0 Å². The van der Waals surface area contributed by atoms with Crippen LogP contribution in [0.1, 0.15) is 70.7 Å². The van der Waals surface area contributed by atoms with Crippen LogP contribution in [0.15, 0.2) is 53.9 Å². The SMILES string of the molecule is COc1cccc(C(=O)N2CCN(C)C(=O)[C@@H](C)NC(=O)[C@H](C(C)C)NC(=O)[C@H](C)NC(=O)c3csc(n3)[C@H](Cc3ccccc3)NC(=O)C2)c1C. The molecule has 2 bridgehead atoms. The van der Waals surface area contributed by atoms with Crippen molar-refractivity contribution in [2.75, 3.05) is 33.8 Å². The number of hydrogen-bond donors (Lipinski definition) is 4. The molecule has 2 aromatic carbocycles. The van der Waals surface area contributed by atoms with E-state index in [0.717, 1.165) is 5.56 Å². The highest BCUT2D eigenvalue weighted by molar-refractivity contribution is 7.09. The highest BCUT2D eigenvalue weighted by Gasteiger charge is 2.31. The van der Waals surface area contributed by atoms with Crippen molar-refractivity contribution >= 4 is 46.8 Å². The third kappa shape index (κ3) is 9.93. The van der Waals surface area contributed by atoms with Crippen molar-refractivity contribution in [2.45, 2.75) is 65.2 Å². The molecule has 0 saturated carbocycles. The summed E-state index contributed by atoms with van der Waals surface area (Å²) < 4.78 is 5.43. The van der Waals surface area contributed by atoms with Gasteiger partial charge in [-0.25, -0.2) is 4.98 Å². The van der Waals surface area contributed by atoms with E-state index in [0.29, 0.717) is 28.3 Å². The summed E-state index contributed by atoms with van der Waals surface area (Å²) in [5.41, 5.74) is 1.88. The van der Waals surface area contributed by atoms with Gasteiger partial charge in [0, 0.05) is 36.6 Å². The third-order valence-electron chi connectivity index (χ3n) is 8.83. The minimum absolute atomic E-state index is 0.0146. The zero-order valence-corrected chi connectivity index (χ0v) is 31.3. The van der Waals surface area contributed by atoms with Crippen LogP contribution in [-0.4, -0.2) is 102 Å². The number of likely N-dealkylation sites (N-methyl/N-ethyl adjacent to an activating group) is 1. The van der Waals surface area contributed by atoms with E-state index in [9.17, 15) is 28.8 Å². The fourth-order valence-electron chi connectivity index (χ4n) is 5.73. The fourth-order valence-corrected chi connectivity index (χ4v) is 6.58. The van der Waals surface area contributed by atoms with Crippen molar-refractivity contribution in [3.8, 4) is 5.75 Å². The molecule has 0 unspecified atom stereocenters. The van der Waals surface area contributed by atoms with Gasteiger partial charge in [0.25, 0.3) is 11.8 Å². The predicted molar refractivity (Wildman–Crippen MR) is 196 cm³/mol. The van der Waals surface area contributed by atoms with Crippen molar-refractivity contribution < 1.29 is 33.5 Å². The molecule has 3 aromatic rings. The van der Waals surface area contributed by atoms with Crippen LogP contribution in [0.4, 0.5) is 0 Å². The molecule has 14 nitrogen and oxygen atoms in total. The molecule has 0 aliphatic carbocycles. The second kappa shape index (κ2) is 17.8. The first-order chi connectivity index (χ1) is 24.7. The maximum Gasteiger partial charge on any atom is 0.271 e. The summed E-state index contributed by atoms with van der Waals surface area (Å²) in [5.74, 6) is -2.98. The molecule has 278 valence electrons. The number of rotatable bonds is 5. The van der Waals surface area contributed by atoms with Crippen LogP contribution in [0.25, 0.3) is 0 Å². The number of fused-ring (bicyclic) bond motifs is 2. The van der Waals surface area contributed by atoms with E-state index in [4.69, 9.17) is 4.74 Å². The van der Waals surface area contributed by atoms with Gasteiger partial charge in [-0.3, -0.25) is 28.8 Å². The zero-order valence-electron chi connectivity index (χ0n) is 30.5. The molecule has 1 aliphatic rings. The van der Waals surface area contributed by atoms with Crippen LogP contribution >= 0.6 is 11.3 Å². The summed E-state index contributed by atoms with van der Waals surface area (Å²) in [6, 6.07) is 10.9. The summed E-state index contributed by atoms with van der Waals surface area (Å²) in [4.78, 5) is 88.3. The Morgan fingerprint density at radius 2 is 1.63 bits per heavy atom. The lowest BCUT2D eigenvalue weighted by Gasteiger charge is -2.29. The number of thiazole rings is 1. The number of carbonyl (C=O) groups excluding carboxylic acids is 6. The molecule has 0 radical (unpaired) electrons. The lowest BCUT2D eigenvalue weighted by molar-refractivity contribution is -0.136. The van der Waals surface area contributed by atoms with Gasteiger partial charge in [0.1, 0.15) is 34.6 Å². The highest BCUT2D eigenvalue weighted by Crippen LogP contribution is 2.24. The largest absolute Gasteiger partial charge is 0.496 e. The number of ether oxygens (including phenoxy) is 1. The number of aromatic nitrogens is 1. The standard InChI is InChI=1S/C37H47N7O7S/c1-21(2)31-34(48)39-24(5)36(49)43(6)16-17-44(37(50)26-14-11-15-29(51-7)22(26)3)19-30(45)40-27(18-25-12-9-8-10-13-25)35-41-28(20-52-35)33(47)38-23(4)32(46)42-31/h8-15,20-21,23-24,27,31H,16-19H2,1-7H3,(H,38,47)(H,39,48)(H,40,45)(H,42,46)/t23-,24+,27-,31-/m0/s1. The molecular formula is C37H47N7O7S. The third-order valence-corrected chi connectivity index (χ3v) is 9.78. The number of hydrogen-bond acceptors (Lipinski definition) is 9. The molecule has 0 fully saturated rings. The zero-order chi connectivity index (χ0) is 38.1. The van der Waals surface area contributed by atoms with Gasteiger partial charge in [-0.15, -0.1) is 11.3 Å². The predicted octanol–water partition coefficient (Wildman–Crippen LogP) is 2.24. The molecule has 4 rings (SSSR count). The number of carbonyl (C=O) groups is 6. The van der Waals surface area contributed by atoms with E-state index in [1.165, 1.54) is 42.1 Å². The Bertz CT molecular complexity index is 1780. The van der Waals surface area contributed by atoms with Crippen LogP contribution in [0, 0.1) is 12.8 Å². The number of nitrogens with one attached hydrogen (secondary N) is 4. The maximum absolute atomic E-state index is 14.1. The minimum Gasteiger partial charge on any atom is -0.496 e. The topological polar surface area (TPSA) is 179 Å². The molecule has 0 spiro atoms. The molecule has 15 heteroatoms. The van der Waals surface area contributed by atoms with Crippen LogP contribution in [0.3, 0.4) is 0 Å². The van der Waals surface area contributed by atoms with Crippen molar-refractivity contribution in [3.63, 3.8) is 0 Å². The number of nitrogens with zero attached hydrogens (tertiary/aromatic N) is 3. The number of benzene rings is 2. The average molecular weight is 734 g/mol. The van der Waals surface area contributed by atoms with Crippen LogP contribution in [0.2, 0.25) is 0 Å². The van der Waals surface area contributed by atoms with Gasteiger partial charge in [0.15, 0.2) is 0 Å². The molecule has 4 atom stereocenters. The van der Waals surface area contributed by atoms with E-state index in [1.54, 1.807) is 51.4 Å². The second-order valence-corrected chi connectivity index (χ2v) is 14.0. The van der Waals surface area contributed by atoms with Crippen molar-refractivity contribution in [3.05, 3.63) is 81.3 Å². The monoisotopic (exact) mass is 733 g/mol. The van der Waals surface area contributed by atoms with E-state index in [-0.39, 0.29) is 31.2 Å². The lowest BCUT2D eigenvalue weighted by atomic mass is 10.0. The molecule has 0 saturated heterocycles. The molecule has 1 aliphatic heterocycles. The summed E-state index contributed by atoms with van der Waals surface area (Å²) in [6.07, 6.45) is 0.343. The first-order valence-electron chi connectivity index (χ1n) is 17.1.